The Morgan fingerprint density at radius 1 is 1.33 bits per heavy atom. The maximum atomic E-state index is 13.9. The Kier molecular flexibility index (Phi) is 4.50. The summed E-state index contributed by atoms with van der Waals surface area (Å²) in [6.45, 7) is 1.91. The molecule has 0 radical (unpaired) electrons. The molecule has 1 nitrogen and oxygen atoms in total. The molecule has 1 N–H and O–H groups in total. The van der Waals surface area contributed by atoms with E-state index in [2.05, 4.69) is 22.1 Å². The predicted molar refractivity (Wildman–Crippen MR) is 75.6 cm³/mol. The van der Waals surface area contributed by atoms with Gasteiger partial charge in [0.15, 0.2) is 0 Å². The quantitative estimate of drug-likeness (QED) is 0.856. The molecule has 0 spiro atoms. The predicted octanol–water partition coefficient (Wildman–Crippen LogP) is 4.09. The fourth-order valence-corrected chi connectivity index (χ4v) is 2.82. The Bertz CT molecular complexity index is 493. The molecule has 0 saturated heterocycles. The van der Waals surface area contributed by atoms with Gasteiger partial charge < -0.3 is 5.32 Å². The van der Waals surface area contributed by atoms with E-state index in [0.29, 0.717) is 0 Å². The first kappa shape index (κ1) is 13.2. The van der Waals surface area contributed by atoms with Crippen LogP contribution >= 0.6 is 11.3 Å². The van der Waals surface area contributed by atoms with Crippen molar-refractivity contribution in [2.75, 3.05) is 7.05 Å². The molecule has 0 amide bonds. The van der Waals surface area contributed by atoms with Crippen LogP contribution in [-0.2, 0) is 6.42 Å². The molecule has 0 aliphatic carbocycles. The minimum atomic E-state index is -0.111. The molecule has 1 heterocycles. The van der Waals surface area contributed by atoms with Gasteiger partial charge in [0.1, 0.15) is 5.82 Å². The molecule has 1 atom stereocenters. The molecule has 0 saturated carbocycles. The highest BCUT2D eigenvalue weighted by molar-refractivity contribution is 7.07. The lowest BCUT2D eigenvalue weighted by Crippen LogP contribution is -2.18. The lowest BCUT2D eigenvalue weighted by molar-refractivity contribution is 0.508. The van der Waals surface area contributed by atoms with E-state index in [4.69, 9.17) is 0 Å². The monoisotopic (exact) mass is 263 g/mol. The van der Waals surface area contributed by atoms with E-state index in [1.807, 2.05) is 26.1 Å². The first-order valence-electron chi connectivity index (χ1n) is 6.15. The Labute approximate surface area is 112 Å². The first-order valence-corrected chi connectivity index (χ1v) is 7.09. The van der Waals surface area contributed by atoms with Crippen LogP contribution < -0.4 is 5.32 Å². The van der Waals surface area contributed by atoms with Crippen molar-refractivity contribution in [1.82, 2.24) is 5.32 Å². The van der Waals surface area contributed by atoms with Crippen molar-refractivity contribution in [3.05, 3.63) is 57.5 Å². The summed E-state index contributed by atoms with van der Waals surface area (Å²) in [5.41, 5.74) is 3.05. The van der Waals surface area contributed by atoms with E-state index in [-0.39, 0.29) is 11.9 Å². The van der Waals surface area contributed by atoms with Gasteiger partial charge in [-0.2, -0.15) is 11.3 Å². The summed E-state index contributed by atoms with van der Waals surface area (Å²) in [4.78, 5) is 0. The van der Waals surface area contributed by atoms with Gasteiger partial charge in [-0.1, -0.05) is 12.1 Å². The van der Waals surface area contributed by atoms with Crippen LogP contribution in [0.5, 0.6) is 0 Å². The van der Waals surface area contributed by atoms with Gasteiger partial charge in [-0.15, -0.1) is 0 Å². The van der Waals surface area contributed by atoms with E-state index < -0.39 is 0 Å². The molecule has 0 aliphatic heterocycles. The maximum Gasteiger partial charge on any atom is 0.128 e. The first-order chi connectivity index (χ1) is 8.70. The van der Waals surface area contributed by atoms with Crippen molar-refractivity contribution < 1.29 is 4.39 Å². The second-order valence-electron chi connectivity index (χ2n) is 4.54. The van der Waals surface area contributed by atoms with E-state index >= 15 is 0 Å². The summed E-state index contributed by atoms with van der Waals surface area (Å²) in [6.07, 6.45) is 1.88. The molecule has 2 rings (SSSR count). The van der Waals surface area contributed by atoms with Gasteiger partial charge in [0.25, 0.3) is 0 Å². The van der Waals surface area contributed by atoms with Gasteiger partial charge >= 0.3 is 0 Å². The Balaban J connectivity index is 2.08. The lowest BCUT2D eigenvalue weighted by Gasteiger charge is -2.17. The van der Waals surface area contributed by atoms with Crippen molar-refractivity contribution in [2.24, 2.45) is 0 Å². The van der Waals surface area contributed by atoms with Crippen LogP contribution in [-0.4, -0.2) is 7.05 Å². The zero-order valence-electron chi connectivity index (χ0n) is 10.7. The summed E-state index contributed by atoms with van der Waals surface area (Å²) in [7, 11) is 1.89. The van der Waals surface area contributed by atoms with Gasteiger partial charge in [0.05, 0.1) is 0 Å². The van der Waals surface area contributed by atoms with Crippen molar-refractivity contribution >= 4 is 11.3 Å². The van der Waals surface area contributed by atoms with Crippen LogP contribution in [0.3, 0.4) is 0 Å². The second-order valence-corrected chi connectivity index (χ2v) is 5.32. The van der Waals surface area contributed by atoms with Crippen molar-refractivity contribution in [3.63, 3.8) is 0 Å². The highest BCUT2D eigenvalue weighted by Crippen LogP contribution is 2.23. The average molecular weight is 263 g/mol. The van der Waals surface area contributed by atoms with Crippen LogP contribution in [0.25, 0.3) is 0 Å². The fourth-order valence-electron chi connectivity index (χ4n) is 2.12. The highest BCUT2D eigenvalue weighted by Gasteiger charge is 2.13. The number of halogens is 1. The molecule has 0 fully saturated rings. The number of benzene rings is 1. The van der Waals surface area contributed by atoms with Crippen molar-refractivity contribution in [3.8, 4) is 0 Å². The molecule has 18 heavy (non-hydrogen) atoms. The summed E-state index contributed by atoms with van der Waals surface area (Å²) in [6, 6.07) is 7.66. The van der Waals surface area contributed by atoms with Crippen molar-refractivity contribution in [2.45, 2.75) is 25.8 Å². The molecule has 1 aromatic heterocycles. The number of aryl methyl sites for hydroxylation is 2. The van der Waals surface area contributed by atoms with E-state index in [9.17, 15) is 4.39 Å². The van der Waals surface area contributed by atoms with Crippen LogP contribution in [0, 0.1) is 12.7 Å². The summed E-state index contributed by atoms with van der Waals surface area (Å²) in [5, 5.41) is 7.44. The van der Waals surface area contributed by atoms with Crippen LogP contribution in [0.15, 0.2) is 35.0 Å². The molecule has 2 aromatic rings. The molecule has 0 aliphatic rings. The third-order valence-electron chi connectivity index (χ3n) is 3.18. The van der Waals surface area contributed by atoms with Crippen LogP contribution in [0.4, 0.5) is 4.39 Å². The summed E-state index contributed by atoms with van der Waals surface area (Å²) in [5.74, 6) is -0.111. The zero-order chi connectivity index (χ0) is 13.0. The van der Waals surface area contributed by atoms with E-state index in [1.165, 1.54) is 5.56 Å². The number of rotatable bonds is 5. The topological polar surface area (TPSA) is 12.0 Å². The minimum absolute atomic E-state index is 0.0745. The van der Waals surface area contributed by atoms with Gasteiger partial charge in [0, 0.05) is 11.6 Å². The van der Waals surface area contributed by atoms with E-state index in [0.717, 1.165) is 24.0 Å². The summed E-state index contributed by atoms with van der Waals surface area (Å²) < 4.78 is 13.9. The smallest absolute Gasteiger partial charge is 0.128 e. The zero-order valence-corrected chi connectivity index (χ0v) is 11.6. The normalized spacial score (nSPS) is 12.6. The number of hydrogen-bond acceptors (Lipinski definition) is 2. The SMILES string of the molecule is CNC(CCc1ccsc1)c1ccc(C)cc1F. The van der Waals surface area contributed by atoms with Crippen LogP contribution in [0.1, 0.15) is 29.2 Å². The van der Waals surface area contributed by atoms with E-state index in [1.54, 1.807) is 17.4 Å². The van der Waals surface area contributed by atoms with Gasteiger partial charge in [-0.25, -0.2) is 4.39 Å². The third kappa shape index (κ3) is 3.18. The average Bonchev–Trinajstić information content (AvgIpc) is 2.85. The fraction of sp³-hybridized carbons (Fsp3) is 0.333. The molecular formula is C15H18FNS. The molecule has 96 valence electrons. The molecule has 0 bridgehead atoms. The largest absolute Gasteiger partial charge is 0.313 e. The summed E-state index contributed by atoms with van der Waals surface area (Å²) >= 11 is 1.71. The van der Waals surface area contributed by atoms with Gasteiger partial charge in [-0.05, 0) is 60.8 Å². The number of hydrogen-bond donors (Lipinski definition) is 1. The highest BCUT2D eigenvalue weighted by atomic mass is 32.1. The molecule has 1 unspecified atom stereocenters. The number of nitrogens with one attached hydrogen (secondary N) is 1. The second kappa shape index (κ2) is 6.12. The Morgan fingerprint density at radius 3 is 2.78 bits per heavy atom. The van der Waals surface area contributed by atoms with Gasteiger partial charge in [-0.3, -0.25) is 0 Å². The Hall–Kier alpha value is -1.19. The third-order valence-corrected chi connectivity index (χ3v) is 3.91. The van der Waals surface area contributed by atoms with Crippen molar-refractivity contribution in [1.29, 1.82) is 0 Å². The standard InChI is InChI=1S/C15H18FNS/c1-11-3-5-13(14(16)9-11)15(17-2)6-4-12-7-8-18-10-12/h3,5,7-10,15,17H,4,6H2,1-2H3. The maximum absolute atomic E-state index is 13.9. The molecule has 3 heteroatoms. The molecule has 1 aromatic carbocycles. The Morgan fingerprint density at radius 2 is 2.17 bits per heavy atom. The van der Waals surface area contributed by atoms with Crippen LogP contribution in [0.2, 0.25) is 0 Å². The number of thiophene rings is 1. The lowest BCUT2D eigenvalue weighted by atomic mass is 9.98. The molecular weight excluding hydrogens is 245 g/mol. The minimum Gasteiger partial charge on any atom is -0.313 e. The van der Waals surface area contributed by atoms with Gasteiger partial charge in [0.2, 0.25) is 0 Å².